The Labute approximate surface area is 123 Å². The minimum Gasteiger partial charge on any atom is -0.371 e. The summed E-state index contributed by atoms with van der Waals surface area (Å²) >= 11 is 3.18. The Kier molecular flexibility index (Phi) is 4.03. The van der Waals surface area contributed by atoms with Crippen molar-refractivity contribution in [3.63, 3.8) is 0 Å². The second-order valence-electron chi connectivity index (χ2n) is 4.34. The molecule has 1 atom stereocenters. The first-order valence-electron chi connectivity index (χ1n) is 5.89. The van der Waals surface area contributed by atoms with E-state index in [-0.39, 0.29) is 28.3 Å². The average Bonchev–Trinajstić information content (AvgIpc) is 2.66. The quantitative estimate of drug-likeness (QED) is 0.632. The molecule has 0 aromatic carbocycles. The SMILES string of the molecule is C=CCn1ncc(NC2CC(=O)N(C)C2=O)c(Br)c1=O. The van der Waals surface area contributed by atoms with Crippen LogP contribution in [0.1, 0.15) is 6.42 Å². The van der Waals surface area contributed by atoms with Gasteiger partial charge in [0.2, 0.25) is 5.91 Å². The number of hydrogen-bond acceptors (Lipinski definition) is 5. The largest absolute Gasteiger partial charge is 0.371 e. The standard InChI is InChI=1S/C12H13BrN4O3/c1-3-4-17-12(20)10(13)8(6-14-17)15-7-5-9(18)16(2)11(7)19/h3,6-7,15H,1,4-5H2,2H3. The van der Waals surface area contributed by atoms with Gasteiger partial charge < -0.3 is 5.32 Å². The summed E-state index contributed by atoms with van der Waals surface area (Å²) in [5.41, 5.74) is 0.0526. The highest BCUT2D eigenvalue weighted by Gasteiger charge is 2.36. The molecule has 1 N–H and O–H groups in total. The van der Waals surface area contributed by atoms with Crippen LogP contribution in [-0.2, 0) is 16.1 Å². The van der Waals surface area contributed by atoms with Crippen molar-refractivity contribution in [2.24, 2.45) is 0 Å². The van der Waals surface area contributed by atoms with Gasteiger partial charge in [-0.1, -0.05) is 6.08 Å². The summed E-state index contributed by atoms with van der Waals surface area (Å²) in [5.74, 6) is -0.575. The van der Waals surface area contributed by atoms with E-state index < -0.39 is 6.04 Å². The number of hydrogen-bond donors (Lipinski definition) is 1. The van der Waals surface area contributed by atoms with E-state index in [9.17, 15) is 14.4 Å². The van der Waals surface area contributed by atoms with Crippen LogP contribution in [-0.4, -0.2) is 39.6 Å². The Bertz CT molecular complexity index is 640. The first-order valence-corrected chi connectivity index (χ1v) is 6.68. The van der Waals surface area contributed by atoms with Crippen molar-refractivity contribution in [3.8, 4) is 0 Å². The van der Waals surface area contributed by atoms with Gasteiger partial charge in [0.25, 0.3) is 11.5 Å². The van der Waals surface area contributed by atoms with E-state index in [1.54, 1.807) is 6.08 Å². The van der Waals surface area contributed by atoms with Gasteiger partial charge in [-0.25, -0.2) is 4.68 Å². The minimum atomic E-state index is -0.666. The maximum absolute atomic E-state index is 12.0. The van der Waals surface area contributed by atoms with Crippen molar-refractivity contribution < 1.29 is 9.59 Å². The fourth-order valence-electron chi connectivity index (χ4n) is 1.87. The van der Waals surface area contributed by atoms with Crippen LogP contribution in [0.5, 0.6) is 0 Å². The third-order valence-electron chi connectivity index (χ3n) is 3.00. The number of nitrogens with one attached hydrogen (secondary N) is 1. The smallest absolute Gasteiger partial charge is 0.283 e. The molecule has 1 fully saturated rings. The summed E-state index contributed by atoms with van der Waals surface area (Å²) in [6.45, 7) is 3.83. The Morgan fingerprint density at radius 3 is 2.80 bits per heavy atom. The summed E-state index contributed by atoms with van der Waals surface area (Å²) in [4.78, 5) is 36.3. The van der Waals surface area contributed by atoms with Crippen molar-refractivity contribution >= 4 is 33.4 Å². The Morgan fingerprint density at radius 2 is 2.25 bits per heavy atom. The van der Waals surface area contributed by atoms with Gasteiger partial charge in [-0.05, 0) is 15.9 Å². The van der Waals surface area contributed by atoms with E-state index in [0.717, 1.165) is 4.90 Å². The average molecular weight is 341 g/mol. The number of carbonyl (C=O) groups excluding carboxylic acids is 2. The zero-order chi connectivity index (χ0) is 14.9. The molecule has 20 heavy (non-hydrogen) atoms. The van der Waals surface area contributed by atoms with Crippen LogP contribution >= 0.6 is 15.9 Å². The minimum absolute atomic E-state index is 0.0670. The third kappa shape index (κ3) is 2.51. The molecule has 2 rings (SSSR count). The van der Waals surface area contributed by atoms with Gasteiger partial charge in [0.15, 0.2) is 0 Å². The van der Waals surface area contributed by atoms with Gasteiger partial charge in [-0.15, -0.1) is 6.58 Å². The first kappa shape index (κ1) is 14.4. The molecular formula is C12H13BrN4O3. The van der Waals surface area contributed by atoms with Crippen molar-refractivity contribution in [2.75, 3.05) is 12.4 Å². The molecule has 0 saturated carbocycles. The molecule has 0 radical (unpaired) electrons. The predicted molar refractivity (Wildman–Crippen MR) is 76.2 cm³/mol. The number of rotatable bonds is 4. The lowest BCUT2D eigenvalue weighted by atomic mass is 10.2. The normalized spacial score (nSPS) is 18.5. The Balaban J connectivity index is 2.25. The van der Waals surface area contributed by atoms with Crippen LogP contribution in [0.25, 0.3) is 0 Å². The van der Waals surface area contributed by atoms with Crippen LogP contribution in [0.3, 0.4) is 0 Å². The molecule has 1 aromatic rings. The number of imide groups is 1. The van der Waals surface area contributed by atoms with E-state index in [1.807, 2.05) is 0 Å². The molecule has 2 heterocycles. The summed E-state index contributed by atoms with van der Waals surface area (Å²) in [7, 11) is 1.43. The number of likely N-dealkylation sites (tertiary alicyclic amines) is 1. The van der Waals surface area contributed by atoms with E-state index in [2.05, 4.69) is 32.9 Å². The Morgan fingerprint density at radius 1 is 1.55 bits per heavy atom. The highest BCUT2D eigenvalue weighted by atomic mass is 79.9. The lowest BCUT2D eigenvalue weighted by Gasteiger charge is -2.13. The third-order valence-corrected chi connectivity index (χ3v) is 3.76. The van der Waals surface area contributed by atoms with E-state index >= 15 is 0 Å². The number of anilines is 1. The molecule has 8 heteroatoms. The van der Waals surface area contributed by atoms with Crippen molar-refractivity contribution in [1.82, 2.24) is 14.7 Å². The van der Waals surface area contributed by atoms with Gasteiger partial charge in [0, 0.05) is 7.05 Å². The number of allylic oxidation sites excluding steroid dienone is 1. The number of amides is 2. The molecule has 1 unspecified atom stereocenters. The fraction of sp³-hybridized carbons (Fsp3) is 0.333. The summed E-state index contributed by atoms with van der Waals surface area (Å²) in [5, 5.41) is 6.83. The number of likely N-dealkylation sites (N-methyl/N-ethyl adjacent to an activating group) is 1. The second-order valence-corrected chi connectivity index (χ2v) is 5.13. The first-order chi connectivity index (χ1) is 9.45. The molecule has 1 aromatic heterocycles. The fourth-order valence-corrected chi connectivity index (χ4v) is 2.30. The van der Waals surface area contributed by atoms with Crippen LogP contribution in [0.15, 0.2) is 28.1 Å². The summed E-state index contributed by atoms with van der Waals surface area (Å²) in [6.07, 6.45) is 3.06. The number of aromatic nitrogens is 2. The predicted octanol–water partition coefficient (Wildman–Crippen LogP) is 0.361. The molecule has 0 bridgehead atoms. The van der Waals surface area contributed by atoms with Crippen molar-refractivity contribution in [1.29, 1.82) is 0 Å². The second kappa shape index (κ2) is 5.58. The Hall–Kier alpha value is -1.96. The summed E-state index contributed by atoms with van der Waals surface area (Å²) in [6, 6.07) is -0.666. The molecule has 1 aliphatic heterocycles. The highest BCUT2D eigenvalue weighted by Crippen LogP contribution is 2.21. The highest BCUT2D eigenvalue weighted by molar-refractivity contribution is 9.10. The van der Waals surface area contributed by atoms with Crippen LogP contribution in [0, 0.1) is 0 Å². The molecule has 1 saturated heterocycles. The van der Waals surface area contributed by atoms with Crippen LogP contribution < -0.4 is 10.9 Å². The molecule has 7 nitrogen and oxygen atoms in total. The van der Waals surface area contributed by atoms with Gasteiger partial charge >= 0.3 is 0 Å². The maximum Gasteiger partial charge on any atom is 0.283 e. The number of halogens is 1. The van der Waals surface area contributed by atoms with Crippen molar-refractivity contribution in [3.05, 3.63) is 33.7 Å². The number of nitrogens with zero attached hydrogens (tertiary/aromatic N) is 3. The molecule has 1 aliphatic rings. The van der Waals surface area contributed by atoms with Gasteiger partial charge in [-0.3, -0.25) is 19.3 Å². The van der Waals surface area contributed by atoms with E-state index in [1.165, 1.54) is 17.9 Å². The summed E-state index contributed by atoms with van der Waals surface area (Å²) < 4.78 is 1.50. The zero-order valence-corrected chi connectivity index (χ0v) is 12.4. The molecule has 0 aliphatic carbocycles. The van der Waals surface area contributed by atoms with Crippen molar-refractivity contribution in [2.45, 2.75) is 19.0 Å². The van der Waals surface area contributed by atoms with Crippen LogP contribution in [0.4, 0.5) is 5.69 Å². The van der Waals surface area contributed by atoms with Gasteiger partial charge in [0.1, 0.15) is 10.5 Å². The topological polar surface area (TPSA) is 84.3 Å². The molecule has 106 valence electrons. The number of carbonyl (C=O) groups is 2. The molecule has 0 spiro atoms. The molecular weight excluding hydrogens is 328 g/mol. The van der Waals surface area contributed by atoms with E-state index in [0.29, 0.717) is 12.2 Å². The van der Waals surface area contributed by atoms with Gasteiger partial charge in [0.05, 0.1) is 24.8 Å². The lowest BCUT2D eigenvalue weighted by Crippen LogP contribution is -2.33. The molecule has 2 amide bonds. The zero-order valence-electron chi connectivity index (χ0n) is 10.8. The van der Waals surface area contributed by atoms with Gasteiger partial charge in [-0.2, -0.15) is 5.10 Å². The lowest BCUT2D eigenvalue weighted by molar-refractivity contribution is -0.136. The monoisotopic (exact) mass is 340 g/mol. The van der Waals surface area contributed by atoms with Crippen LogP contribution in [0.2, 0.25) is 0 Å². The maximum atomic E-state index is 12.0. The van der Waals surface area contributed by atoms with E-state index in [4.69, 9.17) is 0 Å².